The number of nitrogens with zero attached hydrogens (tertiary/aromatic N) is 3. The molecule has 4 heteroatoms. The molecule has 0 N–H and O–H groups in total. The van der Waals surface area contributed by atoms with Gasteiger partial charge in [0.05, 0.1) is 17.5 Å². The van der Waals surface area contributed by atoms with E-state index >= 15 is 0 Å². The van der Waals surface area contributed by atoms with Crippen molar-refractivity contribution in [3.8, 4) is 18.4 Å². The van der Waals surface area contributed by atoms with Crippen LogP contribution in [0.4, 0.5) is 0 Å². The van der Waals surface area contributed by atoms with Crippen molar-refractivity contribution in [2.24, 2.45) is 5.92 Å². The predicted molar refractivity (Wildman–Crippen MR) is 66.5 cm³/mol. The van der Waals surface area contributed by atoms with Gasteiger partial charge in [-0.25, -0.2) is 0 Å². The van der Waals surface area contributed by atoms with E-state index in [1.54, 1.807) is 18.3 Å². The molecule has 4 nitrogen and oxygen atoms in total. The average Bonchev–Trinajstić information content (AvgIpc) is 2.78. The van der Waals surface area contributed by atoms with Crippen LogP contribution < -0.4 is 0 Å². The summed E-state index contributed by atoms with van der Waals surface area (Å²) in [5, 5.41) is 8.84. The summed E-state index contributed by atoms with van der Waals surface area (Å²) in [5.74, 6) is 2.42. The largest absolute Gasteiger partial charge is 0.308 e. The SMILES string of the molecule is C#CC1CC(=O)N(C(=CC#N)c2ccccn2)C1. The fraction of sp³-hybridized carbons (Fsp3) is 0.214. The molecule has 1 aromatic rings. The molecule has 1 atom stereocenters. The van der Waals surface area contributed by atoms with E-state index in [4.69, 9.17) is 11.7 Å². The number of nitriles is 1. The second kappa shape index (κ2) is 5.16. The Balaban J connectivity index is 2.35. The molecule has 1 aliphatic rings. The first-order valence-electron chi connectivity index (χ1n) is 5.54. The van der Waals surface area contributed by atoms with Crippen LogP contribution in [0.15, 0.2) is 30.5 Å². The standard InChI is InChI=1S/C14H11N3O/c1-2-11-9-14(18)17(10-11)13(6-7-15)12-5-3-4-8-16-12/h1,3-6,8,11H,9-10H2. The molecule has 0 radical (unpaired) electrons. The van der Waals surface area contributed by atoms with Crippen molar-refractivity contribution < 1.29 is 4.79 Å². The highest BCUT2D eigenvalue weighted by molar-refractivity contribution is 5.89. The highest BCUT2D eigenvalue weighted by Gasteiger charge is 2.31. The maximum Gasteiger partial charge on any atom is 0.228 e. The lowest BCUT2D eigenvalue weighted by molar-refractivity contribution is -0.124. The smallest absolute Gasteiger partial charge is 0.228 e. The Morgan fingerprint density at radius 3 is 3.00 bits per heavy atom. The molecular formula is C14H11N3O. The molecule has 1 unspecified atom stereocenters. The maximum absolute atomic E-state index is 11.9. The van der Waals surface area contributed by atoms with Crippen LogP contribution in [0.2, 0.25) is 0 Å². The zero-order valence-electron chi connectivity index (χ0n) is 9.71. The van der Waals surface area contributed by atoms with Crippen LogP contribution in [0.25, 0.3) is 5.70 Å². The quantitative estimate of drug-likeness (QED) is 0.577. The number of terminal acetylenes is 1. The Labute approximate surface area is 106 Å². The van der Waals surface area contributed by atoms with E-state index in [1.165, 1.54) is 11.0 Å². The Morgan fingerprint density at radius 2 is 2.44 bits per heavy atom. The lowest BCUT2D eigenvalue weighted by Gasteiger charge is -2.18. The van der Waals surface area contributed by atoms with Gasteiger partial charge in [-0.05, 0) is 12.1 Å². The number of pyridine rings is 1. The molecule has 88 valence electrons. The van der Waals surface area contributed by atoms with Gasteiger partial charge in [-0.2, -0.15) is 5.26 Å². The molecule has 2 heterocycles. The lowest BCUT2D eigenvalue weighted by atomic mass is 10.1. The Hall–Kier alpha value is -2.59. The zero-order chi connectivity index (χ0) is 13.0. The van der Waals surface area contributed by atoms with Crippen molar-refractivity contribution in [2.75, 3.05) is 6.54 Å². The van der Waals surface area contributed by atoms with E-state index in [9.17, 15) is 4.79 Å². The maximum atomic E-state index is 11.9. The molecule has 1 aromatic heterocycles. The van der Waals surface area contributed by atoms with Crippen LogP contribution in [-0.2, 0) is 4.79 Å². The summed E-state index contributed by atoms with van der Waals surface area (Å²) >= 11 is 0. The van der Waals surface area contributed by atoms with Gasteiger partial charge in [-0.1, -0.05) is 6.07 Å². The normalized spacial score (nSPS) is 19.4. The summed E-state index contributed by atoms with van der Waals surface area (Å²) in [5.41, 5.74) is 1.12. The van der Waals surface area contributed by atoms with Gasteiger partial charge in [0.2, 0.25) is 5.91 Å². The summed E-state index contributed by atoms with van der Waals surface area (Å²) in [6.07, 6.45) is 8.62. The van der Waals surface area contributed by atoms with Crippen molar-refractivity contribution in [1.29, 1.82) is 5.26 Å². The monoisotopic (exact) mass is 237 g/mol. The van der Waals surface area contributed by atoms with Crippen molar-refractivity contribution in [3.63, 3.8) is 0 Å². The fourth-order valence-corrected chi connectivity index (χ4v) is 1.92. The molecular weight excluding hydrogens is 226 g/mol. The molecule has 2 rings (SSSR count). The number of hydrogen-bond donors (Lipinski definition) is 0. The van der Waals surface area contributed by atoms with E-state index in [-0.39, 0.29) is 11.8 Å². The van der Waals surface area contributed by atoms with Crippen molar-refractivity contribution in [3.05, 3.63) is 36.2 Å². The summed E-state index contributed by atoms with van der Waals surface area (Å²) in [6.45, 7) is 0.444. The number of carbonyl (C=O) groups excluding carboxylic acids is 1. The second-order valence-corrected chi connectivity index (χ2v) is 3.95. The van der Waals surface area contributed by atoms with Crippen molar-refractivity contribution >= 4 is 11.6 Å². The van der Waals surface area contributed by atoms with E-state index in [0.717, 1.165) is 0 Å². The second-order valence-electron chi connectivity index (χ2n) is 3.95. The number of allylic oxidation sites excluding steroid dienone is 1. The topological polar surface area (TPSA) is 57.0 Å². The highest BCUT2D eigenvalue weighted by Crippen LogP contribution is 2.26. The van der Waals surface area contributed by atoms with Gasteiger partial charge in [0.25, 0.3) is 0 Å². The number of likely N-dealkylation sites (tertiary alicyclic amines) is 1. The molecule has 0 aromatic carbocycles. The van der Waals surface area contributed by atoms with Gasteiger partial charge < -0.3 is 4.90 Å². The van der Waals surface area contributed by atoms with Crippen LogP contribution in [0.5, 0.6) is 0 Å². The number of amides is 1. The fourth-order valence-electron chi connectivity index (χ4n) is 1.92. The van der Waals surface area contributed by atoms with Crippen LogP contribution in [0.1, 0.15) is 12.1 Å². The van der Waals surface area contributed by atoms with Crippen LogP contribution in [0, 0.1) is 29.6 Å². The number of carbonyl (C=O) groups is 1. The van der Waals surface area contributed by atoms with Gasteiger partial charge in [0, 0.05) is 31.2 Å². The van der Waals surface area contributed by atoms with E-state index in [1.807, 2.05) is 12.1 Å². The molecule has 0 bridgehead atoms. The van der Waals surface area contributed by atoms with Crippen molar-refractivity contribution in [2.45, 2.75) is 6.42 Å². The van der Waals surface area contributed by atoms with E-state index < -0.39 is 0 Å². The first kappa shape index (κ1) is 11.9. The lowest BCUT2D eigenvalue weighted by Crippen LogP contribution is -2.24. The summed E-state index contributed by atoms with van der Waals surface area (Å²) in [7, 11) is 0. The molecule has 1 saturated heterocycles. The summed E-state index contributed by atoms with van der Waals surface area (Å²) in [4.78, 5) is 17.6. The zero-order valence-corrected chi connectivity index (χ0v) is 9.71. The number of aromatic nitrogens is 1. The predicted octanol–water partition coefficient (Wildman–Crippen LogP) is 1.43. The third kappa shape index (κ3) is 2.23. The molecule has 1 amide bonds. The molecule has 1 aliphatic heterocycles. The number of hydrogen-bond acceptors (Lipinski definition) is 3. The highest BCUT2D eigenvalue weighted by atomic mass is 16.2. The summed E-state index contributed by atoms with van der Waals surface area (Å²) in [6, 6.07) is 7.31. The Bertz CT molecular complexity index is 563. The third-order valence-electron chi connectivity index (χ3n) is 2.78. The first-order valence-corrected chi connectivity index (χ1v) is 5.54. The molecule has 0 spiro atoms. The van der Waals surface area contributed by atoms with Gasteiger partial charge in [0.1, 0.15) is 0 Å². The third-order valence-corrected chi connectivity index (χ3v) is 2.78. The molecule has 1 fully saturated rings. The van der Waals surface area contributed by atoms with Gasteiger partial charge >= 0.3 is 0 Å². The van der Waals surface area contributed by atoms with Crippen LogP contribution in [-0.4, -0.2) is 22.3 Å². The number of rotatable bonds is 2. The Kier molecular flexibility index (Phi) is 3.41. The Morgan fingerprint density at radius 1 is 1.61 bits per heavy atom. The van der Waals surface area contributed by atoms with Gasteiger partial charge in [-0.3, -0.25) is 9.78 Å². The van der Waals surface area contributed by atoms with Crippen molar-refractivity contribution in [1.82, 2.24) is 9.88 Å². The molecule has 0 aliphatic carbocycles. The average molecular weight is 237 g/mol. The first-order chi connectivity index (χ1) is 8.76. The molecule has 18 heavy (non-hydrogen) atoms. The van der Waals surface area contributed by atoms with Gasteiger partial charge in [-0.15, -0.1) is 12.3 Å². The van der Waals surface area contributed by atoms with E-state index in [0.29, 0.717) is 24.4 Å². The minimum Gasteiger partial charge on any atom is -0.308 e. The minimum atomic E-state index is -0.0942. The van der Waals surface area contributed by atoms with Gasteiger partial charge in [0.15, 0.2) is 0 Å². The van der Waals surface area contributed by atoms with E-state index in [2.05, 4.69) is 10.9 Å². The summed E-state index contributed by atoms with van der Waals surface area (Å²) < 4.78 is 0. The minimum absolute atomic E-state index is 0.0647. The molecule has 0 saturated carbocycles. The van der Waals surface area contributed by atoms with Crippen LogP contribution >= 0.6 is 0 Å². The van der Waals surface area contributed by atoms with Crippen LogP contribution in [0.3, 0.4) is 0 Å².